The topological polar surface area (TPSA) is 34.1 Å². The van der Waals surface area contributed by atoms with Crippen LogP contribution in [0.1, 0.15) is 51.9 Å². The molecule has 14 heavy (non-hydrogen) atoms. The molecule has 0 heterocycles. The molecule has 1 unspecified atom stereocenters. The molecule has 0 amide bonds. The van der Waals surface area contributed by atoms with Gasteiger partial charge in [0.25, 0.3) is 0 Å². The smallest absolute Gasteiger partial charge is 0.212 e. The van der Waals surface area contributed by atoms with Gasteiger partial charge >= 0.3 is 0 Å². The van der Waals surface area contributed by atoms with Crippen LogP contribution < -0.4 is 0 Å². The average molecular weight is 239 g/mol. The van der Waals surface area contributed by atoms with Crippen molar-refractivity contribution in [1.29, 1.82) is 0 Å². The normalized spacial score (nSPS) is 22.1. The van der Waals surface area contributed by atoms with Crippen LogP contribution in [0.15, 0.2) is 0 Å². The van der Waals surface area contributed by atoms with Crippen LogP contribution >= 0.6 is 10.7 Å². The molecule has 4 heteroatoms. The van der Waals surface area contributed by atoms with E-state index >= 15 is 0 Å². The second-order valence-corrected chi connectivity index (χ2v) is 7.15. The number of rotatable bonds is 4. The molecule has 0 aromatic carbocycles. The largest absolute Gasteiger partial charge is 0.235 e. The van der Waals surface area contributed by atoms with Gasteiger partial charge < -0.3 is 0 Å². The molecule has 0 saturated heterocycles. The summed E-state index contributed by atoms with van der Waals surface area (Å²) in [6, 6.07) is 0. The van der Waals surface area contributed by atoms with Gasteiger partial charge in [-0.05, 0) is 18.8 Å². The molecule has 0 aliphatic heterocycles. The van der Waals surface area contributed by atoms with Gasteiger partial charge in [0.05, 0.1) is 5.25 Å². The highest BCUT2D eigenvalue weighted by Crippen LogP contribution is 2.30. The molecule has 0 aromatic rings. The zero-order valence-electron chi connectivity index (χ0n) is 8.71. The lowest BCUT2D eigenvalue weighted by Crippen LogP contribution is -2.21. The summed E-state index contributed by atoms with van der Waals surface area (Å²) in [6.45, 7) is 1.90. The van der Waals surface area contributed by atoms with E-state index in [0.29, 0.717) is 12.3 Å². The first-order chi connectivity index (χ1) is 6.54. The summed E-state index contributed by atoms with van der Waals surface area (Å²) in [5.74, 6) is 0.585. The minimum Gasteiger partial charge on any atom is -0.212 e. The highest BCUT2D eigenvalue weighted by Gasteiger charge is 2.25. The summed E-state index contributed by atoms with van der Waals surface area (Å²) in [5, 5.41) is -0.327. The molecule has 1 fully saturated rings. The van der Waals surface area contributed by atoms with E-state index in [-0.39, 0.29) is 5.25 Å². The van der Waals surface area contributed by atoms with Crippen molar-refractivity contribution in [3.05, 3.63) is 0 Å². The molecule has 0 N–H and O–H groups in total. The van der Waals surface area contributed by atoms with Crippen molar-refractivity contribution in [2.45, 2.75) is 57.1 Å². The van der Waals surface area contributed by atoms with Gasteiger partial charge in [0.15, 0.2) is 0 Å². The van der Waals surface area contributed by atoms with Gasteiger partial charge in [0, 0.05) is 10.7 Å². The van der Waals surface area contributed by atoms with Gasteiger partial charge in [-0.25, -0.2) is 8.42 Å². The summed E-state index contributed by atoms with van der Waals surface area (Å²) in [6.07, 6.45) is 7.59. The van der Waals surface area contributed by atoms with Crippen molar-refractivity contribution in [3.8, 4) is 0 Å². The van der Waals surface area contributed by atoms with E-state index in [1.54, 1.807) is 0 Å². The average Bonchev–Trinajstić information content (AvgIpc) is 2.14. The second kappa shape index (κ2) is 5.36. The molecule has 0 spiro atoms. The molecular weight excluding hydrogens is 220 g/mol. The molecule has 84 valence electrons. The molecule has 1 atom stereocenters. The summed E-state index contributed by atoms with van der Waals surface area (Å²) in [5.41, 5.74) is 0. The monoisotopic (exact) mass is 238 g/mol. The van der Waals surface area contributed by atoms with Crippen molar-refractivity contribution in [2.75, 3.05) is 0 Å². The van der Waals surface area contributed by atoms with Gasteiger partial charge in [0.2, 0.25) is 9.05 Å². The summed E-state index contributed by atoms with van der Waals surface area (Å²) >= 11 is 0. The molecular formula is C10H19ClO2S. The lowest BCUT2D eigenvalue weighted by atomic mass is 9.86. The van der Waals surface area contributed by atoms with Gasteiger partial charge in [-0.3, -0.25) is 0 Å². The molecule has 0 bridgehead atoms. The zero-order chi connectivity index (χ0) is 10.6. The van der Waals surface area contributed by atoms with Crippen LogP contribution in [0.4, 0.5) is 0 Å². The van der Waals surface area contributed by atoms with Crippen molar-refractivity contribution in [3.63, 3.8) is 0 Å². The first kappa shape index (κ1) is 12.3. The van der Waals surface area contributed by atoms with E-state index in [0.717, 1.165) is 6.42 Å². The van der Waals surface area contributed by atoms with E-state index < -0.39 is 9.05 Å². The molecule has 2 nitrogen and oxygen atoms in total. The summed E-state index contributed by atoms with van der Waals surface area (Å²) in [7, 11) is 2.05. The maximum absolute atomic E-state index is 11.2. The lowest BCUT2D eigenvalue weighted by molar-refractivity contribution is 0.332. The van der Waals surface area contributed by atoms with Crippen LogP contribution in [-0.2, 0) is 9.05 Å². The number of hydrogen-bond acceptors (Lipinski definition) is 2. The molecule has 0 aromatic heterocycles. The lowest BCUT2D eigenvalue weighted by Gasteiger charge is -2.24. The third-order valence-corrected chi connectivity index (χ3v) is 5.25. The quantitative estimate of drug-likeness (QED) is 0.705. The van der Waals surface area contributed by atoms with E-state index in [1.165, 1.54) is 32.1 Å². The van der Waals surface area contributed by atoms with Crippen LogP contribution in [0, 0.1) is 5.92 Å². The fourth-order valence-corrected chi connectivity index (χ4v) is 3.77. The van der Waals surface area contributed by atoms with Crippen LogP contribution in [-0.4, -0.2) is 13.7 Å². The van der Waals surface area contributed by atoms with Gasteiger partial charge in [-0.2, -0.15) is 0 Å². The fourth-order valence-electron chi connectivity index (χ4n) is 2.28. The molecule has 0 radical (unpaired) electrons. The molecule has 1 aliphatic carbocycles. The Labute approximate surface area is 91.5 Å². The minimum atomic E-state index is -3.34. The number of hydrogen-bond donors (Lipinski definition) is 0. The Hall–Kier alpha value is 0.240. The first-order valence-corrected chi connectivity index (χ1v) is 7.84. The fraction of sp³-hybridized carbons (Fsp3) is 1.00. The van der Waals surface area contributed by atoms with Crippen LogP contribution in [0.3, 0.4) is 0 Å². The Balaban J connectivity index is 2.47. The highest BCUT2D eigenvalue weighted by atomic mass is 35.7. The Morgan fingerprint density at radius 2 is 1.86 bits per heavy atom. The molecule has 1 aliphatic rings. The van der Waals surface area contributed by atoms with Crippen molar-refractivity contribution in [2.24, 2.45) is 5.92 Å². The third kappa shape index (κ3) is 3.77. The maximum atomic E-state index is 11.2. The highest BCUT2D eigenvalue weighted by molar-refractivity contribution is 8.14. The third-order valence-electron chi connectivity index (χ3n) is 3.17. The first-order valence-electron chi connectivity index (χ1n) is 5.47. The Kier molecular flexibility index (Phi) is 4.71. The van der Waals surface area contributed by atoms with E-state index in [1.807, 2.05) is 6.92 Å². The van der Waals surface area contributed by atoms with E-state index in [4.69, 9.17) is 10.7 Å². The summed E-state index contributed by atoms with van der Waals surface area (Å²) < 4.78 is 22.4. The minimum absolute atomic E-state index is 0.327. The van der Waals surface area contributed by atoms with Crippen molar-refractivity contribution < 1.29 is 8.42 Å². The van der Waals surface area contributed by atoms with Gasteiger partial charge in [-0.15, -0.1) is 0 Å². The predicted octanol–water partition coefficient (Wildman–Crippen LogP) is 3.30. The van der Waals surface area contributed by atoms with Crippen LogP contribution in [0.5, 0.6) is 0 Å². The van der Waals surface area contributed by atoms with Crippen molar-refractivity contribution >= 4 is 19.7 Å². The number of halogens is 1. The van der Waals surface area contributed by atoms with Crippen LogP contribution in [0.25, 0.3) is 0 Å². The van der Waals surface area contributed by atoms with E-state index in [2.05, 4.69) is 0 Å². The zero-order valence-corrected chi connectivity index (χ0v) is 10.3. The Morgan fingerprint density at radius 1 is 1.29 bits per heavy atom. The van der Waals surface area contributed by atoms with Crippen molar-refractivity contribution in [1.82, 2.24) is 0 Å². The molecule has 1 saturated carbocycles. The van der Waals surface area contributed by atoms with Crippen LogP contribution in [0.2, 0.25) is 0 Å². The molecule has 1 rings (SSSR count). The van der Waals surface area contributed by atoms with Gasteiger partial charge in [0.1, 0.15) is 0 Å². The Bertz CT molecular complexity index is 255. The summed E-state index contributed by atoms with van der Waals surface area (Å²) in [4.78, 5) is 0. The Morgan fingerprint density at radius 3 is 2.29 bits per heavy atom. The van der Waals surface area contributed by atoms with Gasteiger partial charge in [-0.1, -0.05) is 39.0 Å². The SMILES string of the molecule is CCC(CC1CCCCC1)S(=O)(=O)Cl. The maximum Gasteiger partial charge on any atom is 0.235 e. The van der Waals surface area contributed by atoms with E-state index in [9.17, 15) is 8.42 Å². The standard InChI is InChI=1S/C10H19ClO2S/c1-2-10(14(11,12)13)8-9-6-4-3-5-7-9/h9-10H,2-8H2,1H3. The second-order valence-electron chi connectivity index (χ2n) is 4.25. The predicted molar refractivity (Wildman–Crippen MR) is 60.0 cm³/mol.